The molecular weight excluding hydrogens is 992 g/mol. The van der Waals surface area contributed by atoms with Gasteiger partial charge in [-0.05, 0) is 78.5 Å². The zero-order valence-corrected chi connectivity index (χ0v) is 41.0. The predicted molar refractivity (Wildman–Crippen MR) is 257 cm³/mol. The fourth-order valence-electron chi connectivity index (χ4n) is 6.46. The van der Waals surface area contributed by atoms with Gasteiger partial charge in [-0.1, -0.05) is 18.2 Å². The highest BCUT2D eigenvalue weighted by Crippen LogP contribution is 2.31. The third-order valence-electron chi connectivity index (χ3n) is 9.80. The lowest BCUT2D eigenvalue weighted by Gasteiger charge is -2.08. The summed E-state index contributed by atoms with van der Waals surface area (Å²) in [5, 5.41) is 46.6. The second kappa shape index (κ2) is 29.3. The van der Waals surface area contributed by atoms with Gasteiger partial charge in [-0.15, -0.1) is 0 Å². The van der Waals surface area contributed by atoms with Crippen molar-refractivity contribution in [3.8, 4) is 34.2 Å². The third-order valence-corrected chi connectivity index (χ3v) is 10.5. The number of halogens is 1. The Morgan fingerprint density at radius 1 is 0.549 bits per heavy atom. The first-order valence-electron chi connectivity index (χ1n) is 21.8. The number of aryl methyl sites for hydroxylation is 3. The van der Waals surface area contributed by atoms with E-state index in [0.717, 1.165) is 5.69 Å². The number of rotatable bonds is 21. The molecule has 24 nitrogen and oxygen atoms in total. The van der Waals surface area contributed by atoms with E-state index < -0.39 is 55.5 Å². The van der Waals surface area contributed by atoms with Gasteiger partial charge in [-0.3, -0.25) is 43.4 Å². The highest BCUT2D eigenvalue weighted by Gasteiger charge is 2.24. The Labute approximate surface area is 415 Å². The van der Waals surface area contributed by atoms with E-state index in [-0.39, 0.29) is 17.1 Å². The molecule has 6 aromatic heterocycles. The van der Waals surface area contributed by atoms with E-state index in [9.17, 15) is 28.8 Å². The summed E-state index contributed by atoms with van der Waals surface area (Å²) >= 11 is 3.40. The van der Waals surface area contributed by atoms with Gasteiger partial charge in [0.1, 0.15) is 25.5 Å². The molecule has 0 aromatic carbocycles. The second-order valence-corrected chi connectivity index (χ2v) is 15.4. The van der Waals surface area contributed by atoms with Crippen LogP contribution < -0.4 is 16.0 Å². The van der Waals surface area contributed by atoms with Gasteiger partial charge in [-0.25, -0.2) is 14.4 Å². The number of ether oxygens (including phenoxy) is 3. The van der Waals surface area contributed by atoms with Crippen molar-refractivity contribution in [1.82, 2.24) is 60.2 Å². The monoisotopic (exact) mass is 1050 g/mol. The van der Waals surface area contributed by atoms with Crippen LogP contribution in [0, 0.1) is 6.92 Å². The van der Waals surface area contributed by atoms with Gasteiger partial charge < -0.3 is 45.5 Å². The van der Waals surface area contributed by atoms with Crippen molar-refractivity contribution in [3.05, 3.63) is 106 Å². The fourth-order valence-corrected chi connectivity index (χ4v) is 7.11. The summed E-state index contributed by atoms with van der Waals surface area (Å²) in [4.78, 5) is 81.4. The van der Waals surface area contributed by atoms with E-state index in [2.05, 4.69) is 62.1 Å². The molecule has 0 atom stereocenters. The quantitative estimate of drug-likeness (QED) is 0.0340. The highest BCUT2D eigenvalue weighted by atomic mass is 79.9. The van der Waals surface area contributed by atoms with Gasteiger partial charge in [0.15, 0.2) is 17.1 Å². The number of nitrogens with zero attached hydrogens (tertiary/aromatic N) is 9. The maximum absolute atomic E-state index is 11.9. The van der Waals surface area contributed by atoms with Gasteiger partial charge in [0.2, 0.25) is 17.7 Å². The van der Waals surface area contributed by atoms with Crippen LogP contribution >= 0.6 is 15.9 Å². The Hall–Kier alpha value is -7.74. The first-order chi connectivity index (χ1) is 34.3. The number of carbonyl (C=O) groups is 6. The SMILES string of the molecule is COC(=O)c1cc(-c2ccccn2)n(CCCNC(=O)CO)n1.COC(=O)c1nn(CCCNC(=O)CO)c(-c2ccccn2)c1Br.COC(=O)c1nn(CCCNC(=O)CO)c(-c2ccccn2)c1C. The van der Waals surface area contributed by atoms with Crippen molar-refractivity contribution < 1.29 is 58.3 Å². The van der Waals surface area contributed by atoms with E-state index in [1.54, 1.807) is 57.8 Å². The standard InChI is InChI=1S/C16H20N4O4.C15H17BrN4O4.C15H18N4O4/c1-11-14(16(23)24-2)19-20(9-5-8-18-13(22)10-21)15(11)12-6-3-4-7-17-12;1-24-15(23)13-12(16)14(10-5-2-3-6-17-10)20(19-13)8-4-7-18-11(22)9-21;1-23-15(22)12-9-13(11-5-2-3-6-16-11)19(18-12)8-4-7-17-14(21)10-20/h3-4,6-7,21H,5,8-10H2,1-2H3,(H,18,22);2-3,5-6,21H,4,7-9H2,1H3,(H,18,22);2-3,5-6,9,20H,4,7-8,10H2,1H3,(H,17,21). The molecule has 3 amide bonds. The minimum Gasteiger partial charge on any atom is -0.464 e. The Bertz CT molecular complexity index is 2560. The minimum absolute atomic E-state index is 0.164. The van der Waals surface area contributed by atoms with Crippen LogP contribution in [0.5, 0.6) is 0 Å². The second-order valence-electron chi connectivity index (χ2n) is 14.6. The Morgan fingerprint density at radius 2 is 0.958 bits per heavy atom. The Kier molecular flexibility index (Phi) is 23.1. The van der Waals surface area contributed by atoms with Gasteiger partial charge in [0.25, 0.3) is 0 Å². The molecule has 0 aliphatic carbocycles. The predicted octanol–water partition coefficient (Wildman–Crippen LogP) is 1.76. The maximum atomic E-state index is 11.9. The Morgan fingerprint density at radius 3 is 1.39 bits per heavy atom. The van der Waals surface area contributed by atoms with Crippen LogP contribution in [-0.4, -0.2) is 156 Å². The first-order valence-corrected chi connectivity index (χ1v) is 22.6. The number of methoxy groups -OCH3 is 3. The van der Waals surface area contributed by atoms with Crippen LogP contribution in [0.4, 0.5) is 0 Å². The summed E-state index contributed by atoms with van der Waals surface area (Å²) in [6.07, 6.45) is 6.73. The van der Waals surface area contributed by atoms with E-state index >= 15 is 0 Å². The molecule has 25 heteroatoms. The number of amides is 3. The molecular formula is C46H55BrN12O12. The number of pyridine rings is 3. The van der Waals surface area contributed by atoms with Gasteiger partial charge in [0.05, 0.1) is 54.3 Å². The Balaban J connectivity index is 0.000000231. The summed E-state index contributed by atoms with van der Waals surface area (Å²) < 4.78 is 19.7. The van der Waals surface area contributed by atoms with Gasteiger partial charge in [-0.2, -0.15) is 15.3 Å². The lowest BCUT2D eigenvalue weighted by molar-refractivity contribution is -0.124. The van der Waals surface area contributed by atoms with Crippen molar-refractivity contribution in [3.63, 3.8) is 0 Å². The number of carbonyl (C=O) groups excluding carboxylic acids is 6. The molecule has 71 heavy (non-hydrogen) atoms. The molecule has 0 spiro atoms. The van der Waals surface area contributed by atoms with Crippen molar-refractivity contribution in [2.24, 2.45) is 0 Å². The molecule has 6 aromatic rings. The molecule has 378 valence electrons. The van der Waals surface area contributed by atoms with Gasteiger partial charge in [0, 0.05) is 69.5 Å². The summed E-state index contributed by atoms with van der Waals surface area (Å²) in [6.45, 7) is 2.78. The summed E-state index contributed by atoms with van der Waals surface area (Å²) in [5.41, 5.74) is 5.45. The van der Waals surface area contributed by atoms with Crippen LogP contribution in [0.1, 0.15) is 56.3 Å². The number of nitrogens with one attached hydrogen (secondary N) is 3. The fraction of sp³-hybridized carbons (Fsp3) is 0.348. The molecule has 0 saturated heterocycles. The van der Waals surface area contributed by atoms with Crippen LogP contribution in [0.15, 0.2) is 83.7 Å². The first kappa shape index (κ1) is 55.9. The van der Waals surface area contributed by atoms with Crippen molar-refractivity contribution >= 4 is 51.6 Å². The molecule has 0 saturated carbocycles. The van der Waals surface area contributed by atoms with E-state index in [1.165, 1.54) is 21.3 Å². The van der Waals surface area contributed by atoms with Gasteiger partial charge >= 0.3 is 17.9 Å². The van der Waals surface area contributed by atoms with Crippen molar-refractivity contribution in [2.45, 2.75) is 45.8 Å². The number of hydrogen-bond acceptors (Lipinski definition) is 18. The van der Waals surface area contributed by atoms with E-state index in [4.69, 9.17) is 29.5 Å². The lowest BCUT2D eigenvalue weighted by atomic mass is 10.1. The van der Waals surface area contributed by atoms with Crippen LogP contribution in [0.25, 0.3) is 34.2 Å². The smallest absolute Gasteiger partial charge is 0.359 e. The summed E-state index contributed by atoms with van der Waals surface area (Å²) in [6, 6.07) is 18.1. The summed E-state index contributed by atoms with van der Waals surface area (Å²) in [7, 11) is 3.90. The third kappa shape index (κ3) is 16.4. The number of aromatic nitrogens is 9. The highest BCUT2D eigenvalue weighted by molar-refractivity contribution is 9.10. The van der Waals surface area contributed by atoms with Crippen molar-refractivity contribution in [2.75, 3.05) is 60.8 Å². The zero-order valence-electron chi connectivity index (χ0n) is 39.4. The van der Waals surface area contributed by atoms with Crippen LogP contribution in [0.3, 0.4) is 0 Å². The molecule has 0 aliphatic heterocycles. The normalized spacial score (nSPS) is 10.4. The molecule has 6 rings (SSSR count). The molecule has 0 radical (unpaired) electrons. The largest absolute Gasteiger partial charge is 0.464 e. The van der Waals surface area contributed by atoms with E-state index in [1.807, 2.05) is 42.5 Å². The average molecular weight is 1050 g/mol. The van der Waals surface area contributed by atoms with Crippen LogP contribution in [0.2, 0.25) is 0 Å². The lowest BCUT2D eigenvalue weighted by Crippen LogP contribution is -2.27. The molecule has 0 unspecified atom stereocenters. The molecule has 0 fully saturated rings. The number of esters is 3. The van der Waals surface area contributed by atoms with Crippen molar-refractivity contribution in [1.29, 1.82) is 0 Å². The summed E-state index contributed by atoms with van der Waals surface area (Å²) in [5.74, 6) is -2.85. The molecule has 0 aliphatic rings. The maximum Gasteiger partial charge on any atom is 0.359 e. The number of aliphatic hydroxyl groups excluding tert-OH is 3. The number of hydrogen-bond donors (Lipinski definition) is 6. The number of aliphatic hydroxyl groups is 3. The molecule has 6 N–H and O–H groups in total. The topological polar surface area (TPSA) is 319 Å². The minimum atomic E-state index is -0.550. The van der Waals surface area contributed by atoms with E-state index in [0.29, 0.717) is 97.0 Å². The average Bonchev–Trinajstić information content (AvgIpc) is 4.10. The molecule has 6 heterocycles. The zero-order chi connectivity index (χ0) is 51.7. The molecule has 0 bridgehead atoms. The van der Waals surface area contributed by atoms with Crippen LogP contribution in [-0.2, 0) is 48.2 Å².